The zero-order chi connectivity index (χ0) is 16.7. The highest BCUT2D eigenvalue weighted by Crippen LogP contribution is 2.20. The first-order chi connectivity index (χ1) is 11.1. The molecule has 0 saturated heterocycles. The molecule has 0 radical (unpaired) electrons. The summed E-state index contributed by atoms with van der Waals surface area (Å²) in [7, 11) is 0. The molecule has 0 unspecified atom stereocenters. The van der Waals surface area contributed by atoms with Crippen molar-refractivity contribution in [2.24, 2.45) is 5.73 Å². The normalized spacial score (nSPS) is 10.6. The molecular weight excluding hydrogens is 312 g/mol. The number of aryl methyl sites for hydroxylation is 2. The van der Waals surface area contributed by atoms with E-state index in [1.165, 1.54) is 11.3 Å². The second-order valence-corrected chi connectivity index (χ2v) is 6.32. The number of carbonyl (C=O) groups is 1. The van der Waals surface area contributed by atoms with Crippen molar-refractivity contribution in [2.45, 2.75) is 13.8 Å². The number of nitrogens with one attached hydrogen (secondary N) is 2. The van der Waals surface area contributed by atoms with E-state index in [1.807, 2.05) is 32.0 Å². The maximum absolute atomic E-state index is 12.3. The highest BCUT2D eigenvalue weighted by Gasteiger charge is 2.11. The summed E-state index contributed by atoms with van der Waals surface area (Å²) in [5.41, 5.74) is 7.86. The van der Waals surface area contributed by atoms with Crippen LogP contribution in [0.5, 0.6) is 0 Å². The van der Waals surface area contributed by atoms with Crippen LogP contribution >= 0.6 is 11.3 Å². The van der Waals surface area contributed by atoms with Crippen molar-refractivity contribution in [3.05, 3.63) is 40.4 Å². The minimum absolute atomic E-state index is 0.144. The molecule has 0 aliphatic rings. The van der Waals surface area contributed by atoms with E-state index in [-0.39, 0.29) is 5.91 Å². The summed E-state index contributed by atoms with van der Waals surface area (Å²) in [6.07, 6.45) is 1.74. The van der Waals surface area contributed by atoms with Gasteiger partial charge in [0.15, 0.2) is 5.13 Å². The maximum atomic E-state index is 12.3. The minimum atomic E-state index is -0.144. The molecule has 1 amide bonds. The molecule has 6 nitrogen and oxygen atoms in total. The van der Waals surface area contributed by atoms with Gasteiger partial charge in [0.2, 0.25) is 0 Å². The van der Waals surface area contributed by atoms with Crippen LogP contribution in [-0.4, -0.2) is 37.2 Å². The van der Waals surface area contributed by atoms with Crippen LogP contribution in [0.3, 0.4) is 0 Å². The molecule has 2 rings (SSSR count). The SMILES string of the molecule is Cc1cnc(NC(=O)c2ccc(NCCOCCN)cc2C)s1. The lowest BCUT2D eigenvalue weighted by Gasteiger charge is -2.10. The molecule has 124 valence electrons. The molecule has 0 atom stereocenters. The van der Waals surface area contributed by atoms with Crippen molar-refractivity contribution >= 4 is 28.1 Å². The fourth-order valence-electron chi connectivity index (χ4n) is 2.06. The lowest BCUT2D eigenvalue weighted by Crippen LogP contribution is -2.15. The summed E-state index contributed by atoms with van der Waals surface area (Å²) < 4.78 is 5.31. The third-order valence-corrected chi connectivity index (χ3v) is 3.98. The van der Waals surface area contributed by atoms with Crippen molar-refractivity contribution in [3.63, 3.8) is 0 Å². The van der Waals surface area contributed by atoms with E-state index in [1.54, 1.807) is 6.20 Å². The van der Waals surface area contributed by atoms with Gasteiger partial charge in [-0.25, -0.2) is 4.98 Å². The van der Waals surface area contributed by atoms with Crippen LogP contribution in [0.1, 0.15) is 20.8 Å². The van der Waals surface area contributed by atoms with Crippen LogP contribution in [0, 0.1) is 13.8 Å². The Bertz CT molecular complexity index is 657. The standard InChI is InChI=1S/C16H22N4O2S/c1-11-9-13(18-6-8-22-7-5-17)3-4-14(11)15(21)20-16-19-10-12(2)23-16/h3-4,9-10,18H,5-8,17H2,1-2H3,(H,19,20,21). The Labute approximate surface area is 140 Å². The summed E-state index contributed by atoms with van der Waals surface area (Å²) >= 11 is 1.46. The first-order valence-corrected chi connectivity index (χ1v) is 8.28. The number of carbonyl (C=O) groups excluding carboxylic acids is 1. The van der Waals surface area contributed by atoms with E-state index in [0.29, 0.717) is 37.0 Å². The molecular formula is C16H22N4O2S. The first-order valence-electron chi connectivity index (χ1n) is 7.46. The number of aromatic nitrogens is 1. The van der Waals surface area contributed by atoms with Crippen LogP contribution in [-0.2, 0) is 4.74 Å². The van der Waals surface area contributed by atoms with E-state index in [4.69, 9.17) is 10.5 Å². The molecule has 23 heavy (non-hydrogen) atoms. The highest BCUT2D eigenvalue weighted by molar-refractivity contribution is 7.15. The second-order valence-electron chi connectivity index (χ2n) is 5.09. The Balaban J connectivity index is 1.91. The number of rotatable bonds is 8. The summed E-state index contributed by atoms with van der Waals surface area (Å²) in [5, 5.41) is 6.69. The van der Waals surface area contributed by atoms with Crippen LogP contribution in [0.2, 0.25) is 0 Å². The van der Waals surface area contributed by atoms with Gasteiger partial charge in [0, 0.05) is 35.4 Å². The molecule has 0 saturated carbocycles. The molecule has 1 heterocycles. The molecule has 4 N–H and O–H groups in total. The van der Waals surface area contributed by atoms with Crippen LogP contribution < -0.4 is 16.4 Å². The second kappa shape index (κ2) is 8.61. The first kappa shape index (κ1) is 17.4. The van der Waals surface area contributed by atoms with Gasteiger partial charge in [0.25, 0.3) is 5.91 Å². The topological polar surface area (TPSA) is 89.3 Å². The summed E-state index contributed by atoms with van der Waals surface area (Å²) in [5.74, 6) is -0.144. The smallest absolute Gasteiger partial charge is 0.257 e. The summed E-state index contributed by atoms with van der Waals surface area (Å²) in [4.78, 5) is 17.5. The number of hydrogen-bond donors (Lipinski definition) is 3. The number of benzene rings is 1. The molecule has 0 aliphatic carbocycles. The van der Waals surface area contributed by atoms with Crippen molar-refractivity contribution in [2.75, 3.05) is 36.9 Å². The number of ether oxygens (including phenoxy) is 1. The van der Waals surface area contributed by atoms with Gasteiger partial charge in [0.1, 0.15) is 0 Å². The van der Waals surface area contributed by atoms with E-state index < -0.39 is 0 Å². The molecule has 1 aromatic carbocycles. The number of hydrogen-bond acceptors (Lipinski definition) is 6. The monoisotopic (exact) mass is 334 g/mol. The number of thiazole rings is 1. The Morgan fingerprint density at radius 2 is 2.17 bits per heavy atom. The predicted octanol–water partition coefficient (Wildman–Crippen LogP) is 2.40. The number of amides is 1. The molecule has 0 bridgehead atoms. The predicted molar refractivity (Wildman–Crippen MR) is 94.3 cm³/mol. The van der Waals surface area contributed by atoms with Crippen LogP contribution in [0.15, 0.2) is 24.4 Å². The molecule has 0 aliphatic heterocycles. The molecule has 1 aromatic heterocycles. The van der Waals surface area contributed by atoms with Gasteiger partial charge in [-0.15, -0.1) is 11.3 Å². The Morgan fingerprint density at radius 3 is 2.83 bits per heavy atom. The van der Waals surface area contributed by atoms with Gasteiger partial charge in [-0.3, -0.25) is 10.1 Å². The van der Waals surface area contributed by atoms with Gasteiger partial charge >= 0.3 is 0 Å². The Kier molecular flexibility index (Phi) is 6.52. The van der Waals surface area contributed by atoms with E-state index in [9.17, 15) is 4.79 Å². The summed E-state index contributed by atoms with van der Waals surface area (Å²) in [6, 6.07) is 5.65. The third kappa shape index (κ3) is 5.31. The quantitative estimate of drug-likeness (QED) is 0.645. The van der Waals surface area contributed by atoms with Crippen molar-refractivity contribution in [1.82, 2.24) is 4.98 Å². The van der Waals surface area contributed by atoms with Gasteiger partial charge in [-0.2, -0.15) is 0 Å². The molecule has 2 aromatic rings. The number of nitrogens with zero attached hydrogens (tertiary/aromatic N) is 1. The zero-order valence-corrected chi connectivity index (χ0v) is 14.2. The lowest BCUT2D eigenvalue weighted by molar-refractivity contribution is 0.102. The van der Waals surface area contributed by atoms with Crippen molar-refractivity contribution < 1.29 is 9.53 Å². The highest BCUT2D eigenvalue weighted by atomic mass is 32.1. The van der Waals surface area contributed by atoms with E-state index in [2.05, 4.69) is 15.6 Å². The van der Waals surface area contributed by atoms with Gasteiger partial charge in [-0.1, -0.05) is 0 Å². The van der Waals surface area contributed by atoms with E-state index in [0.717, 1.165) is 16.1 Å². The zero-order valence-electron chi connectivity index (χ0n) is 13.4. The number of anilines is 2. The average Bonchev–Trinajstić information content (AvgIpc) is 2.92. The van der Waals surface area contributed by atoms with Crippen LogP contribution in [0.4, 0.5) is 10.8 Å². The Morgan fingerprint density at radius 1 is 1.35 bits per heavy atom. The molecule has 0 fully saturated rings. The van der Waals surface area contributed by atoms with Crippen LogP contribution in [0.25, 0.3) is 0 Å². The van der Waals surface area contributed by atoms with Gasteiger partial charge in [-0.05, 0) is 37.6 Å². The van der Waals surface area contributed by atoms with Gasteiger partial charge in [0.05, 0.1) is 13.2 Å². The molecule has 7 heteroatoms. The maximum Gasteiger partial charge on any atom is 0.257 e. The van der Waals surface area contributed by atoms with Gasteiger partial charge < -0.3 is 15.8 Å². The van der Waals surface area contributed by atoms with E-state index >= 15 is 0 Å². The number of nitrogens with two attached hydrogens (primary N) is 1. The fourth-order valence-corrected chi connectivity index (χ4v) is 2.72. The van der Waals surface area contributed by atoms with Crippen molar-refractivity contribution in [3.8, 4) is 0 Å². The minimum Gasteiger partial charge on any atom is -0.383 e. The average molecular weight is 334 g/mol. The fraction of sp³-hybridized carbons (Fsp3) is 0.375. The summed E-state index contributed by atoms with van der Waals surface area (Å²) in [6.45, 7) is 6.26. The molecule has 0 spiro atoms. The lowest BCUT2D eigenvalue weighted by atomic mass is 10.1. The Hall–Kier alpha value is -1.96. The third-order valence-electron chi connectivity index (χ3n) is 3.15. The van der Waals surface area contributed by atoms with Crippen molar-refractivity contribution in [1.29, 1.82) is 0 Å². The largest absolute Gasteiger partial charge is 0.383 e.